The van der Waals surface area contributed by atoms with Gasteiger partial charge in [-0.2, -0.15) is 0 Å². The van der Waals surface area contributed by atoms with Crippen molar-refractivity contribution in [2.24, 2.45) is 0 Å². The molecular weight excluding hydrogens is 388 g/mol. The number of benzene rings is 2. The van der Waals surface area contributed by atoms with Gasteiger partial charge >= 0.3 is 0 Å². The summed E-state index contributed by atoms with van der Waals surface area (Å²) in [6.45, 7) is 5.28. The topological polar surface area (TPSA) is 75.7 Å². The number of methoxy groups -OCH3 is 1. The lowest BCUT2D eigenvalue weighted by molar-refractivity contribution is -0.116. The number of carbonyl (C=O) groups is 1. The van der Waals surface area contributed by atoms with Crippen LogP contribution in [0.4, 0.5) is 11.4 Å². The van der Waals surface area contributed by atoms with Crippen molar-refractivity contribution >= 4 is 38.9 Å². The van der Waals surface area contributed by atoms with Crippen LogP contribution in [0, 0.1) is 13.8 Å². The van der Waals surface area contributed by atoms with Gasteiger partial charge < -0.3 is 10.1 Å². The third-order valence-corrected chi connectivity index (χ3v) is 5.45. The molecule has 1 atom stereocenters. The molecule has 0 aliphatic heterocycles. The van der Waals surface area contributed by atoms with Crippen molar-refractivity contribution in [3.63, 3.8) is 0 Å². The molecule has 0 heterocycles. The molecule has 0 saturated heterocycles. The quantitative estimate of drug-likeness (QED) is 0.786. The molecule has 2 rings (SSSR count). The molecule has 8 heteroatoms. The van der Waals surface area contributed by atoms with Crippen LogP contribution in [0.5, 0.6) is 5.75 Å². The van der Waals surface area contributed by atoms with E-state index in [2.05, 4.69) is 5.32 Å². The van der Waals surface area contributed by atoms with Crippen molar-refractivity contribution in [3.05, 3.63) is 52.5 Å². The number of amides is 1. The van der Waals surface area contributed by atoms with Crippen LogP contribution in [0.15, 0.2) is 36.4 Å². The SMILES string of the molecule is COc1ccc(Cl)cc1NC(=O)[C@@H](C)N(c1cc(C)cc(C)c1)S(C)(=O)=O. The van der Waals surface area contributed by atoms with E-state index in [9.17, 15) is 13.2 Å². The summed E-state index contributed by atoms with van der Waals surface area (Å²) >= 11 is 5.99. The lowest BCUT2D eigenvalue weighted by Crippen LogP contribution is -2.45. The number of aryl methyl sites for hydroxylation is 2. The minimum absolute atomic E-state index is 0.371. The van der Waals surface area contributed by atoms with E-state index >= 15 is 0 Å². The summed E-state index contributed by atoms with van der Waals surface area (Å²) in [6.07, 6.45) is 1.08. The normalized spacial score (nSPS) is 12.4. The van der Waals surface area contributed by atoms with E-state index in [1.54, 1.807) is 30.3 Å². The molecule has 0 unspecified atom stereocenters. The molecule has 0 aliphatic carbocycles. The minimum atomic E-state index is -3.70. The zero-order valence-electron chi connectivity index (χ0n) is 15.9. The predicted octanol–water partition coefficient (Wildman–Crippen LogP) is 3.76. The number of halogens is 1. The Labute approximate surface area is 165 Å². The van der Waals surface area contributed by atoms with Gasteiger partial charge in [0.1, 0.15) is 11.8 Å². The maximum atomic E-state index is 12.8. The summed E-state index contributed by atoms with van der Waals surface area (Å²) in [5, 5.41) is 3.12. The fourth-order valence-electron chi connectivity index (χ4n) is 2.90. The largest absolute Gasteiger partial charge is 0.495 e. The van der Waals surface area contributed by atoms with Gasteiger partial charge in [0.05, 0.1) is 24.7 Å². The highest BCUT2D eigenvalue weighted by Crippen LogP contribution is 2.29. The van der Waals surface area contributed by atoms with Crippen LogP contribution < -0.4 is 14.4 Å². The number of nitrogens with one attached hydrogen (secondary N) is 1. The second kappa shape index (κ2) is 8.19. The lowest BCUT2D eigenvalue weighted by Gasteiger charge is -2.29. The second-order valence-corrected chi connectivity index (χ2v) is 8.71. The molecule has 27 heavy (non-hydrogen) atoms. The summed E-state index contributed by atoms with van der Waals surface area (Å²) in [5.41, 5.74) is 2.62. The van der Waals surface area contributed by atoms with Gasteiger partial charge in [0.15, 0.2) is 0 Å². The molecule has 146 valence electrons. The van der Waals surface area contributed by atoms with Crippen molar-refractivity contribution in [1.29, 1.82) is 0 Å². The molecule has 0 saturated carbocycles. The van der Waals surface area contributed by atoms with Gasteiger partial charge in [-0.1, -0.05) is 17.7 Å². The summed E-state index contributed by atoms with van der Waals surface area (Å²) in [6, 6.07) is 9.23. The van der Waals surface area contributed by atoms with Crippen LogP contribution in [0.1, 0.15) is 18.1 Å². The number of hydrogen-bond donors (Lipinski definition) is 1. The Kier molecular flexibility index (Phi) is 6.38. The Bertz CT molecular complexity index is 940. The standard InChI is InChI=1S/C19H23ClN2O4S/c1-12-8-13(2)10-16(9-12)22(27(5,24)25)14(3)19(23)21-17-11-15(20)6-7-18(17)26-4/h6-11,14H,1-5H3,(H,21,23)/t14-/m1/s1. The molecule has 1 amide bonds. The Morgan fingerprint density at radius 1 is 1.15 bits per heavy atom. The molecule has 0 bridgehead atoms. The third kappa shape index (κ3) is 5.14. The first-order valence-electron chi connectivity index (χ1n) is 8.25. The molecule has 0 fully saturated rings. The summed E-state index contributed by atoms with van der Waals surface area (Å²) in [4.78, 5) is 12.8. The zero-order chi connectivity index (χ0) is 20.4. The van der Waals surface area contributed by atoms with Crippen LogP contribution in [-0.4, -0.2) is 33.7 Å². The third-order valence-electron chi connectivity index (χ3n) is 3.97. The summed E-state index contributed by atoms with van der Waals surface area (Å²) < 4.78 is 31.2. The molecule has 0 spiro atoms. The average Bonchev–Trinajstić information content (AvgIpc) is 2.52. The number of carbonyl (C=O) groups excluding carboxylic acids is 1. The van der Waals surface area contributed by atoms with Gasteiger partial charge in [0.25, 0.3) is 0 Å². The molecule has 2 aromatic carbocycles. The highest BCUT2D eigenvalue weighted by Gasteiger charge is 2.30. The molecule has 6 nitrogen and oxygen atoms in total. The molecular formula is C19H23ClN2O4S. The Balaban J connectivity index is 2.40. The molecule has 1 N–H and O–H groups in total. The van der Waals surface area contributed by atoms with Crippen LogP contribution in [0.3, 0.4) is 0 Å². The molecule has 0 radical (unpaired) electrons. The maximum absolute atomic E-state index is 12.8. The van der Waals surface area contributed by atoms with Gasteiger partial charge in [0.2, 0.25) is 15.9 Å². The Morgan fingerprint density at radius 3 is 2.26 bits per heavy atom. The number of anilines is 2. The number of sulfonamides is 1. The number of nitrogens with zero attached hydrogens (tertiary/aromatic N) is 1. The first-order chi connectivity index (χ1) is 12.5. The summed E-state index contributed by atoms with van der Waals surface area (Å²) in [7, 11) is -2.22. The zero-order valence-corrected chi connectivity index (χ0v) is 17.5. The first-order valence-corrected chi connectivity index (χ1v) is 10.5. The number of ether oxygens (including phenoxy) is 1. The van der Waals surface area contributed by atoms with Crippen LogP contribution >= 0.6 is 11.6 Å². The highest BCUT2D eigenvalue weighted by molar-refractivity contribution is 7.92. The van der Waals surface area contributed by atoms with E-state index in [0.717, 1.165) is 21.7 Å². The van der Waals surface area contributed by atoms with Gasteiger partial charge in [-0.15, -0.1) is 0 Å². The fraction of sp³-hybridized carbons (Fsp3) is 0.316. The van der Waals surface area contributed by atoms with E-state index in [1.807, 2.05) is 19.9 Å². The van der Waals surface area contributed by atoms with Gasteiger partial charge in [-0.25, -0.2) is 8.42 Å². The van der Waals surface area contributed by atoms with E-state index in [4.69, 9.17) is 16.3 Å². The predicted molar refractivity (Wildman–Crippen MR) is 109 cm³/mol. The fourth-order valence-corrected chi connectivity index (χ4v) is 4.23. The lowest BCUT2D eigenvalue weighted by atomic mass is 10.1. The Hall–Kier alpha value is -2.25. The first kappa shape index (κ1) is 21.1. The number of hydrogen-bond acceptors (Lipinski definition) is 4. The highest BCUT2D eigenvalue weighted by atomic mass is 35.5. The molecule has 0 aromatic heterocycles. The van der Waals surface area contributed by atoms with Crippen molar-refractivity contribution in [3.8, 4) is 5.75 Å². The van der Waals surface area contributed by atoms with Gasteiger partial charge in [-0.05, 0) is 62.2 Å². The molecule has 0 aliphatic rings. The van der Waals surface area contributed by atoms with Crippen molar-refractivity contribution in [2.75, 3.05) is 23.0 Å². The minimum Gasteiger partial charge on any atom is -0.495 e. The van der Waals surface area contributed by atoms with Gasteiger partial charge in [0, 0.05) is 5.02 Å². The van der Waals surface area contributed by atoms with E-state index in [-0.39, 0.29) is 0 Å². The van der Waals surface area contributed by atoms with Crippen LogP contribution in [0.25, 0.3) is 0 Å². The van der Waals surface area contributed by atoms with E-state index in [0.29, 0.717) is 22.1 Å². The van der Waals surface area contributed by atoms with Crippen molar-refractivity contribution < 1.29 is 17.9 Å². The van der Waals surface area contributed by atoms with Crippen LogP contribution in [-0.2, 0) is 14.8 Å². The smallest absolute Gasteiger partial charge is 0.248 e. The summed E-state index contributed by atoms with van der Waals surface area (Å²) in [5.74, 6) is -0.0718. The van der Waals surface area contributed by atoms with Gasteiger partial charge in [-0.3, -0.25) is 9.10 Å². The second-order valence-electron chi connectivity index (χ2n) is 6.41. The number of rotatable bonds is 6. The van der Waals surface area contributed by atoms with Crippen LogP contribution in [0.2, 0.25) is 5.02 Å². The molecule has 2 aromatic rings. The monoisotopic (exact) mass is 410 g/mol. The van der Waals surface area contributed by atoms with E-state index < -0.39 is 22.0 Å². The Morgan fingerprint density at radius 2 is 1.74 bits per heavy atom. The van der Waals surface area contributed by atoms with Crippen molar-refractivity contribution in [1.82, 2.24) is 0 Å². The maximum Gasteiger partial charge on any atom is 0.248 e. The van der Waals surface area contributed by atoms with Crippen molar-refractivity contribution in [2.45, 2.75) is 26.8 Å². The average molecular weight is 411 g/mol. The van der Waals surface area contributed by atoms with E-state index in [1.165, 1.54) is 14.0 Å².